The van der Waals surface area contributed by atoms with Crippen molar-refractivity contribution in [3.05, 3.63) is 17.5 Å². The predicted molar refractivity (Wildman–Crippen MR) is 71.2 cm³/mol. The molecular formula is C13H21N3O3. The highest BCUT2D eigenvalue weighted by Crippen LogP contribution is 2.15. The van der Waals surface area contributed by atoms with E-state index >= 15 is 0 Å². The Balaban J connectivity index is 3.03. The van der Waals surface area contributed by atoms with E-state index in [1.54, 1.807) is 10.7 Å². The Bertz CT molecular complexity index is 489. The molecule has 1 aromatic rings. The molecule has 1 heterocycles. The smallest absolute Gasteiger partial charge is 0.328 e. The van der Waals surface area contributed by atoms with Gasteiger partial charge in [-0.05, 0) is 32.8 Å². The topological polar surface area (TPSA) is 84.2 Å². The highest BCUT2D eigenvalue weighted by Gasteiger charge is 2.30. The summed E-state index contributed by atoms with van der Waals surface area (Å²) in [6.07, 6.45) is 0. The number of hydrogen-bond donors (Lipinski definition) is 2. The summed E-state index contributed by atoms with van der Waals surface area (Å²) in [5.74, 6) is -1.28. The minimum absolute atomic E-state index is 0.215. The molecule has 0 atom stereocenters. The van der Waals surface area contributed by atoms with Crippen molar-refractivity contribution in [3.8, 4) is 0 Å². The molecule has 0 aliphatic rings. The summed E-state index contributed by atoms with van der Waals surface area (Å²) < 4.78 is 1.59. The standard InChI is InChI=1S/C13H21N3O3/c1-6-16-10(7-9(15-16)8(2)3)11(17)14-13(4,5)12(18)19/h7-8H,6H2,1-5H3,(H,14,17)(H,18,19). The summed E-state index contributed by atoms with van der Waals surface area (Å²) in [6.45, 7) is 9.32. The fraction of sp³-hybridized carbons (Fsp3) is 0.615. The maximum absolute atomic E-state index is 12.1. The van der Waals surface area contributed by atoms with Crippen molar-refractivity contribution >= 4 is 11.9 Å². The van der Waals surface area contributed by atoms with Crippen LogP contribution in [0.4, 0.5) is 0 Å². The van der Waals surface area contributed by atoms with E-state index in [0.29, 0.717) is 12.2 Å². The number of carboxylic acid groups (broad SMARTS) is 1. The lowest BCUT2D eigenvalue weighted by molar-refractivity contribution is -0.143. The highest BCUT2D eigenvalue weighted by molar-refractivity contribution is 5.96. The third-order valence-corrected chi connectivity index (χ3v) is 2.88. The SMILES string of the molecule is CCn1nc(C(C)C)cc1C(=O)NC(C)(C)C(=O)O. The van der Waals surface area contributed by atoms with Gasteiger partial charge in [0, 0.05) is 6.54 Å². The number of aliphatic carboxylic acids is 1. The molecule has 19 heavy (non-hydrogen) atoms. The number of aromatic nitrogens is 2. The lowest BCUT2D eigenvalue weighted by Gasteiger charge is -2.20. The van der Waals surface area contributed by atoms with Crippen LogP contribution >= 0.6 is 0 Å². The first-order valence-electron chi connectivity index (χ1n) is 6.32. The first kappa shape index (κ1) is 15.2. The van der Waals surface area contributed by atoms with Crippen molar-refractivity contribution in [3.63, 3.8) is 0 Å². The number of carboxylic acids is 1. The van der Waals surface area contributed by atoms with Gasteiger partial charge in [-0.2, -0.15) is 5.10 Å². The minimum Gasteiger partial charge on any atom is -0.480 e. The van der Waals surface area contributed by atoms with Crippen LogP contribution in [0.5, 0.6) is 0 Å². The lowest BCUT2D eigenvalue weighted by Crippen LogP contribution is -2.50. The van der Waals surface area contributed by atoms with Gasteiger partial charge in [0.1, 0.15) is 11.2 Å². The first-order chi connectivity index (χ1) is 8.69. The van der Waals surface area contributed by atoms with Crippen LogP contribution < -0.4 is 5.32 Å². The van der Waals surface area contributed by atoms with Crippen LogP contribution in [0.1, 0.15) is 56.7 Å². The Hall–Kier alpha value is -1.85. The lowest BCUT2D eigenvalue weighted by atomic mass is 10.1. The van der Waals surface area contributed by atoms with Gasteiger partial charge in [0.15, 0.2) is 0 Å². The second-order valence-corrected chi connectivity index (χ2v) is 5.31. The number of hydrogen-bond acceptors (Lipinski definition) is 3. The summed E-state index contributed by atoms with van der Waals surface area (Å²) in [5.41, 5.74) is -0.0987. The maximum atomic E-state index is 12.1. The van der Waals surface area contributed by atoms with Crippen LogP contribution in [-0.2, 0) is 11.3 Å². The van der Waals surface area contributed by atoms with Crippen LogP contribution in [0.3, 0.4) is 0 Å². The van der Waals surface area contributed by atoms with E-state index in [1.807, 2.05) is 20.8 Å². The van der Waals surface area contributed by atoms with Crippen molar-refractivity contribution in [2.24, 2.45) is 0 Å². The van der Waals surface area contributed by atoms with Crippen LogP contribution in [0.2, 0.25) is 0 Å². The van der Waals surface area contributed by atoms with Gasteiger partial charge < -0.3 is 10.4 Å². The zero-order valence-electron chi connectivity index (χ0n) is 12.0. The van der Waals surface area contributed by atoms with Crippen molar-refractivity contribution in [2.75, 3.05) is 0 Å². The van der Waals surface area contributed by atoms with Crippen molar-refractivity contribution in [1.82, 2.24) is 15.1 Å². The average molecular weight is 267 g/mol. The van der Waals surface area contributed by atoms with Crippen molar-refractivity contribution in [2.45, 2.75) is 52.6 Å². The van der Waals surface area contributed by atoms with Gasteiger partial charge in [-0.25, -0.2) is 4.79 Å². The number of amides is 1. The van der Waals surface area contributed by atoms with E-state index in [1.165, 1.54) is 13.8 Å². The number of carbonyl (C=O) groups is 2. The quantitative estimate of drug-likeness (QED) is 0.849. The molecule has 0 bridgehead atoms. The molecule has 0 saturated heterocycles. The van der Waals surface area contributed by atoms with Crippen LogP contribution in [0, 0.1) is 0 Å². The van der Waals surface area contributed by atoms with E-state index < -0.39 is 17.4 Å². The van der Waals surface area contributed by atoms with Gasteiger partial charge in [0.2, 0.25) is 0 Å². The number of carbonyl (C=O) groups excluding carboxylic acids is 1. The second-order valence-electron chi connectivity index (χ2n) is 5.31. The molecule has 1 aromatic heterocycles. The third-order valence-electron chi connectivity index (χ3n) is 2.88. The van der Waals surface area contributed by atoms with Crippen molar-refractivity contribution in [1.29, 1.82) is 0 Å². The first-order valence-corrected chi connectivity index (χ1v) is 6.32. The fourth-order valence-corrected chi connectivity index (χ4v) is 1.54. The largest absolute Gasteiger partial charge is 0.480 e. The number of aryl methyl sites for hydroxylation is 1. The summed E-state index contributed by atoms with van der Waals surface area (Å²) >= 11 is 0. The monoisotopic (exact) mass is 267 g/mol. The predicted octanol–water partition coefficient (Wildman–Crippen LogP) is 1.62. The van der Waals surface area contributed by atoms with Crippen LogP contribution in [0.15, 0.2) is 6.07 Å². The molecule has 0 radical (unpaired) electrons. The Morgan fingerprint density at radius 3 is 2.47 bits per heavy atom. The minimum atomic E-state index is -1.31. The molecule has 106 valence electrons. The molecule has 6 nitrogen and oxygen atoms in total. The maximum Gasteiger partial charge on any atom is 0.328 e. The molecule has 1 rings (SSSR count). The highest BCUT2D eigenvalue weighted by atomic mass is 16.4. The molecule has 6 heteroatoms. The normalized spacial score (nSPS) is 11.7. The Labute approximate surface area is 112 Å². The molecule has 1 amide bonds. The Morgan fingerprint density at radius 1 is 1.47 bits per heavy atom. The van der Waals surface area contributed by atoms with Crippen molar-refractivity contribution < 1.29 is 14.7 Å². The molecule has 0 spiro atoms. The van der Waals surface area contributed by atoms with Crippen LogP contribution in [-0.4, -0.2) is 32.3 Å². The molecule has 0 saturated carbocycles. The Morgan fingerprint density at radius 2 is 2.05 bits per heavy atom. The summed E-state index contributed by atoms with van der Waals surface area (Å²) in [6, 6.07) is 1.71. The van der Waals surface area contributed by atoms with Gasteiger partial charge in [0.05, 0.1) is 5.69 Å². The van der Waals surface area contributed by atoms with Gasteiger partial charge in [-0.1, -0.05) is 13.8 Å². The van der Waals surface area contributed by atoms with E-state index in [2.05, 4.69) is 10.4 Å². The van der Waals surface area contributed by atoms with Gasteiger partial charge in [-0.3, -0.25) is 9.48 Å². The Kier molecular flexibility index (Phi) is 4.34. The van der Waals surface area contributed by atoms with Gasteiger partial charge in [-0.15, -0.1) is 0 Å². The zero-order chi connectivity index (χ0) is 14.8. The number of rotatable bonds is 5. The fourth-order valence-electron chi connectivity index (χ4n) is 1.54. The number of nitrogens with one attached hydrogen (secondary N) is 1. The third kappa shape index (κ3) is 3.33. The van der Waals surface area contributed by atoms with E-state index in [9.17, 15) is 9.59 Å². The molecule has 0 unspecified atom stereocenters. The molecule has 0 fully saturated rings. The summed E-state index contributed by atoms with van der Waals surface area (Å²) in [5, 5.41) is 15.9. The summed E-state index contributed by atoms with van der Waals surface area (Å²) in [4.78, 5) is 23.2. The van der Waals surface area contributed by atoms with E-state index in [4.69, 9.17) is 5.11 Å². The molecule has 0 aliphatic carbocycles. The summed E-state index contributed by atoms with van der Waals surface area (Å²) in [7, 11) is 0. The van der Waals surface area contributed by atoms with E-state index in [-0.39, 0.29) is 5.92 Å². The molecule has 2 N–H and O–H groups in total. The van der Waals surface area contributed by atoms with Gasteiger partial charge in [0.25, 0.3) is 5.91 Å². The molecule has 0 aliphatic heterocycles. The second kappa shape index (κ2) is 5.42. The number of nitrogens with zero attached hydrogens (tertiary/aromatic N) is 2. The van der Waals surface area contributed by atoms with Gasteiger partial charge >= 0.3 is 5.97 Å². The van der Waals surface area contributed by atoms with Crippen LogP contribution in [0.25, 0.3) is 0 Å². The molecule has 0 aromatic carbocycles. The molecular weight excluding hydrogens is 246 g/mol. The average Bonchev–Trinajstić information content (AvgIpc) is 2.72. The zero-order valence-corrected chi connectivity index (χ0v) is 12.0. The van der Waals surface area contributed by atoms with E-state index in [0.717, 1.165) is 5.69 Å².